The van der Waals surface area contributed by atoms with Crippen LogP contribution in [0.5, 0.6) is 0 Å². The minimum absolute atomic E-state index is 0.667. The van der Waals surface area contributed by atoms with Crippen molar-refractivity contribution in [1.82, 2.24) is 10.3 Å². The molecule has 3 nitrogen and oxygen atoms in total. The lowest BCUT2D eigenvalue weighted by molar-refractivity contribution is 0.245. The zero-order chi connectivity index (χ0) is 13.1. The molecule has 17 heavy (non-hydrogen) atoms. The summed E-state index contributed by atoms with van der Waals surface area (Å²) in [5.41, 5.74) is 0. The van der Waals surface area contributed by atoms with Gasteiger partial charge in [0.05, 0.1) is 0 Å². The number of hydrazine groups is 1. The van der Waals surface area contributed by atoms with Gasteiger partial charge in [0.1, 0.15) is 0 Å². The van der Waals surface area contributed by atoms with E-state index >= 15 is 0 Å². The first-order valence-electron chi connectivity index (χ1n) is 7.22. The van der Waals surface area contributed by atoms with Gasteiger partial charge in [-0.25, -0.2) is 5.01 Å². The van der Waals surface area contributed by atoms with Crippen LogP contribution in [0.2, 0.25) is 0 Å². The molecule has 0 aliphatic heterocycles. The van der Waals surface area contributed by atoms with Gasteiger partial charge in [-0.15, -0.1) is 0 Å². The second-order valence-corrected chi connectivity index (χ2v) is 5.90. The Balaban J connectivity index is 3.13. The molecular weight excluding hydrogens is 210 g/mol. The van der Waals surface area contributed by atoms with Gasteiger partial charge in [-0.1, -0.05) is 40.5 Å². The standard InChI is InChI=1S/C14H33N3/c1-13(2)11-16-9-7-5-6-8-10-17(15)12-14(3)4/h13-14,16H,5-12,15H2,1-4H3. The summed E-state index contributed by atoms with van der Waals surface area (Å²) in [6, 6.07) is 0. The maximum absolute atomic E-state index is 5.89. The molecule has 0 rings (SSSR count). The van der Waals surface area contributed by atoms with E-state index in [1.54, 1.807) is 0 Å². The Bertz CT molecular complexity index is 158. The minimum Gasteiger partial charge on any atom is -0.316 e. The van der Waals surface area contributed by atoms with Crippen LogP contribution in [0.1, 0.15) is 53.4 Å². The summed E-state index contributed by atoms with van der Waals surface area (Å²) in [5.74, 6) is 7.32. The molecule has 0 bridgehead atoms. The Morgan fingerprint density at radius 3 is 2.18 bits per heavy atom. The zero-order valence-corrected chi connectivity index (χ0v) is 12.3. The smallest absolute Gasteiger partial charge is 0.0151 e. The van der Waals surface area contributed by atoms with Gasteiger partial charge in [0.25, 0.3) is 0 Å². The molecule has 0 spiro atoms. The molecule has 0 aliphatic carbocycles. The molecule has 0 radical (unpaired) electrons. The van der Waals surface area contributed by atoms with E-state index in [2.05, 4.69) is 33.0 Å². The van der Waals surface area contributed by atoms with Crippen molar-refractivity contribution in [3.63, 3.8) is 0 Å². The van der Waals surface area contributed by atoms with Crippen LogP contribution >= 0.6 is 0 Å². The number of unbranched alkanes of at least 4 members (excludes halogenated alkanes) is 3. The minimum atomic E-state index is 0.667. The third kappa shape index (κ3) is 13.8. The average Bonchev–Trinajstić information content (AvgIpc) is 2.20. The number of hydrogen-bond acceptors (Lipinski definition) is 3. The third-order valence-electron chi connectivity index (χ3n) is 2.70. The molecule has 0 aromatic heterocycles. The van der Waals surface area contributed by atoms with Crippen molar-refractivity contribution >= 4 is 0 Å². The van der Waals surface area contributed by atoms with Crippen molar-refractivity contribution < 1.29 is 0 Å². The molecule has 3 heteroatoms. The molecule has 0 aliphatic rings. The Morgan fingerprint density at radius 2 is 1.59 bits per heavy atom. The van der Waals surface area contributed by atoms with Gasteiger partial charge in [-0.3, -0.25) is 5.84 Å². The van der Waals surface area contributed by atoms with Crippen LogP contribution in [0.4, 0.5) is 0 Å². The first-order valence-corrected chi connectivity index (χ1v) is 7.22. The molecule has 0 saturated heterocycles. The summed E-state index contributed by atoms with van der Waals surface area (Å²) in [4.78, 5) is 0. The number of rotatable bonds is 11. The molecule has 0 aromatic carbocycles. The van der Waals surface area contributed by atoms with E-state index in [1.165, 1.54) is 25.7 Å². The highest BCUT2D eigenvalue weighted by molar-refractivity contribution is 4.55. The number of hydrogen-bond donors (Lipinski definition) is 2. The lowest BCUT2D eigenvalue weighted by atomic mass is 10.1. The molecule has 104 valence electrons. The Kier molecular flexibility index (Phi) is 10.9. The van der Waals surface area contributed by atoms with Crippen molar-refractivity contribution in [2.75, 3.05) is 26.2 Å². The maximum atomic E-state index is 5.89. The predicted molar refractivity (Wildman–Crippen MR) is 76.8 cm³/mol. The van der Waals surface area contributed by atoms with Crippen LogP contribution in [-0.4, -0.2) is 31.2 Å². The fourth-order valence-electron chi connectivity index (χ4n) is 1.87. The number of nitrogens with one attached hydrogen (secondary N) is 1. The van der Waals surface area contributed by atoms with Gasteiger partial charge >= 0.3 is 0 Å². The fraction of sp³-hybridized carbons (Fsp3) is 1.00. The molecule has 3 N–H and O–H groups in total. The van der Waals surface area contributed by atoms with E-state index < -0.39 is 0 Å². The summed E-state index contributed by atoms with van der Waals surface area (Å²) < 4.78 is 0. The van der Waals surface area contributed by atoms with E-state index in [0.717, 1.165) is 32.1 Å². The van der Waals surface area contributed by atoms with E-state index in [9.17, 15) is 0 Å². The van der Waals surface area contributed by atoms with Crippen LogP contribution in [0.15, 0.2) is 0 Å². The van der Waals surface area contributed by atoms with Crippen LogP contribution in [0.3, 0.4) is 0 Å². The molecule has 0 unspecified atom stereocenters. The van der Waals surface area contributed by atoms with Crippen LogP contribution in [-0.2, 0) is 0 Å². The first-order chi connectivity index (χ1) is 8.02. The van der Waals surface area contributed by atoms with E-state index in [1.807, 2.05) is 5.01 Å². The second-order valence-electron chi connectivity index (χ2n) is 5.90. The second kappa shape index (κ2) is 11.0. The summed E-state index contributed by atoms with van der Waals surface area (Å²) in [6.07, 6.45) is 5.14. The maximum Gasteiger partial charge on any atom is 0.0151 e. The van der Waals surface area contributed by atoms with E-state index in [-0.39, 0.29) is 0 Å². The zero-order valence-electron chi connectivity index (χ0n) is 12.3. The lowest BCUT2D eigenvalue weighted by Crippen LogP contribution is -2.35. The SMILES string of the molecule is CC(C)CNCCCCCCN(N)CC(C)C. The molecule has 0 amide bonds. The normalized spacial score (nSPS) is 12.0. The van der Waals surface area contributed by atoms with Gasteiger partial charge in [0, 0.05) is 13.1 Å². The van der Waals surface area contributed by atoms with Gasteiger partial charge in [0.2, 0.25) is 0 Å². The Morgan fingerprint density at radius 1 is 0.941 bits per heavy atom. The van der Waals surface area contributed by atoms with Gasteiger partial charge in [-0.2, -0.15) is 0 Å². The largest absolute Gasteiger partial charge is 0.316 e. The summed E-state index contributed by atoms with van der Waals surface area (Å²) >= 11 is 0. The molecule has 0 fully saturated rings. The highest BCUT2D eigenvalue weighted by Crippen LogP contribution is 2.01. The van der Waals surface area contributed by atoms with Crippen molar-refractivity contribution in [1.29, 1.82) is 0 Å². The average molecular weight is 243 g/mol. The molecular formula is C14H33N3. The molecule has 0 heterocycles. The third-order valence-corrected chi connectivity index (χ3v) is 2.70. The van der Waals surface area contributed by atoms with Crippen molar-refractivity contribution in [2.45, 2.75) is 53.4 Å². The number of nitrogens with two attached hydrogens (primary N) is 1. The Labute approximate surface area is 108 Å². The van der Waals surface area contributed by atoms with Gasteiger partial charge < -0.3 is 5.32 Å². The van der Waals surface area contributed by atoms with Crippen molar-refractivity contribution in [3.05, 3.63) is 0 Å². The van der Waals surface area contributed by atoms with E-state index in [0.29, 0.717) is 5.92 Å². The van der Waals surface area contributed by atoms with Crippen LogP contribution in [0.25, 0.3) is 0 Å². The van der Waals surface area contributed by atoms with Gasteiger partial charge in [0.15, 0.2) is 0 Å². The quantitative estimate of drug-likeness (QED) is 0.333. The van der Waals surface area contributed by atoms with Crippen LogP contribution < -0.4 is 11.2 Å². The lowest BCUT2D eigenvalue weighted by Gasteiger charge is -2.18. The van der Waals surface area contributed by atoms with E-state index in [4.69, 9.17) is 5.84 Å². The predicted octanol–water partition coefficient (Wildman–Crippen LogP) is 2.62. The highest BCUT2D eigenvalue weighted by atomic mass is 15.4. The number of nitrogens with zero attached hydrogens (tertiary/aromatic N) is 1. The first kappa shape index (κ1) is 16.9. The summed E-state index contributed by atoms with van der Waals surface area (Å²) in [7, 11) is 0. The fourth-order valence-corrected chi connectivity index (χ4v) is 1.87. The molecule has 0 aromatic rings. The Hall–Kier alpha value is -0.120. The van der Waals surface area contributed by atoms with Crippen molar-refractivity contribution in [2.24, 2.45) is 17.7 Å². The van der Waals surface area contributed by atoms with Crippen molar-refractivity contribution in [3.8, 4) is 0 Å². The summed E-state index contributed by atoms with van der Waals surface area (Å²) in [6.45, 7) is 13.3. The van der Waals surface area contributed by atoms with Crippen LogP contribution in [0, 0.1) is 11.8 Å². The summed E-state index contributed by atoms with van der Waals surface area (Å²) in [5, 5.41) is 5.44. The molecule has 0 saturated carbocycles. The monoisotopic (exact) mass is 243 g/mol. The van der Waals surface area contributed by atoms with Gasteiger partial charge in [-0.05, 0) is 37.8 Å². The molecule has 0 atom stereocenters. The topological polar surface area (TPSA) is 41.3 Å². The highest BCUT2D eigenvalue weighted by Gasteiger charge is 2.01.